The number of hydrogen-bond donors (Lipinski definition) is 1. The highest BCUT2D eigenvalue weighted by Crippen LogP contribution is 2.26. The molecule has 0 fully saturated rings. The van der Waals surface area contributed by atoms with Crippen LogP contribution in [0.4, 0.5) is 14.5 Å². The van der Waals surface area contributed by atoms with Gasteiger partial charge in [-0.25, -0.2) is 8.78 Å². The molecule has 0 radical (unpaired) electrons. The van der Waals surface area contributed by atoms with Crippen LogP contribution in [0.1, 0.15) is 13.3 Å². The van der Waals surface area contributed by atoms with Crippen molar-refractivity contribution in [2.75, 3.05) is 5.32 Å². The first-order valence-corrected chi connectivity index (χ1v) is 5.13. The molecule has 1 aromatic carbocycles. The third-order valence-electron chi connectivity index (χ3n) is 1.68. The van der Waals surface area contributed by atoms with Gasteiger partial charge in [-0.3, -0.25) is 9.59 Å². The van der Waals surface area contributed by atoms with Gasteiger partial charge in [-0.2, -0.15) is 0 Å². The Morgan fingerprint density at radius 3 is 2.50 bits per heavy atom. The number of Topliss-reactive ketones (excluding diaryl/α,β-unsaturated/α-hetero) is 1. The lowest BCUT2D eigenvalue weighted by molar-refractivity contribution is -0.124. The van der Waals surface area contributed by atoms with E-state index in [4.69, 9.17) is 0 Å². The molecular weight excluding hydrogens is 284 g/mol. The van der Waals surface area contributed by atoms with Crippen LogP contribution in [0.3, 0.4) is 0 Å². The Bertz CT molecular complexity index is 425. The Hall–Kier alpha value is -1.30. The summed E-state index contributed by atoms with van der Waals surface area (Å²) < 4.78 is 26.0. The van der Waals surface area contributed by atoms with Crippen LogP contribution in [0.5, 0.6) is 0 Å². The molecule has 0 spiro atoms. The second-order valence-electron chi connectivity index (χ2n) is 3.17. The molecule has 1 aromatic rings. The van der Waals surface area contributed by atoms with E-state index in [-0.39, 0.29) is 22.4 Å². The normalized spacial score (nSPS) is 10.0. The molecule has 3 nitrogen and oxygen atoms in total. The number of anilines is 1. The monoisotopic (exact) mass is 291 g/mol. The average Bonchev–Trinajstić information content (AvgIpc) is 2.09. The lowest BCUT2D eigenvalue weighted by Gasteiger charge is -2.07. The van der Waals surface area contributed by atoms with Gasteiger partial charge < -0.3 is 5.32 Å². The maximum absolute atomic E-state index is 13.2. The second kappa shape index (κ2) is 5.16. The molecule has 0 heterocycles. The van der Waals surface area contributed by atoms with Crippen LogP contribution in [0.25, 0.3) is 0 Å². The fraction of sp³-hybridized carbons (Fsp3) is 0.200. The smallest absolute Gasteiger partial charge is 0.231 e. The zero-order valence-corrected chi connectivity index (χ0v) is 9.90. The molecule has 0 aliphatic heterocycles. The van der Waals surface area contributed by atoms with E-state index in [1.807, 2.05) is 0 Å². The van der Waals surface area contributed by atoms with Crippen LogP contribution < -0.4 is 5.32 Å². The second-order valence-corrected chi connectivity index (χ2v) is 4.03. The molecule has 0 aliphatic rings. The average molecular weight is 292 g/mol. The third kappa shape index (κ3) is 3.37. The number of amides is 1. The van der Waals surface area contributed by atoms with Gasteiger partial charge in [-0.05, 0) is 28.9 Å². The molecular formula is C10H8BrF2NO2. The Morgan fingerprint density at radius 1 is 1.38 bits per heavy atom. The molecule has 0 unspecified atom stereocenters. The summed E-state index contributed by atoms with van der Waals surface area (Å²) >= 11 is 2.91. The molecule has 16 heavy (non-hydrogen) atoms. The fourth-order valence-electron chi connectivity index (χ4n) is 1.07. The predicted molar refractivity (Wildman–Crippen MR) is 58.0 cm³/mol. The van der Waals surface area contributed by atoms with Crippen LogP contribution >= 0.6 is 15.9 Å². The fourth-order valence-corrected chi connectivity index (χ4v) is 1.58. The van der Waals surface area contributed by atoms with E-state index in [1.54, 1.807) is 0 Å². The van der Waals surface area contributed by atoms with Gasteiger partial charge in [0.15, 0.2) is 5.82 Å². The zero-order chi connectivity index (χ0) is 12.3. The first-order valence-electron chi connectivity index (χ1n) is 4.34. The van der Waals surface area contributed by atoms with E-state index in [0.29, 0.717) is 6.07 Å². The molecule has 0 bridgehead atoms. The van der Waals surface area contributed by atoms with Gasteiger partial charge in [-0.1, -0.05) is 0 Å². The molecule has 0 saturated heterocycles. The Kier molecular flexibility index (Phi) is 4.12. The zero-order valence-electron chi connectivity index (χ0n) is 8.31. The number of rotatable bonds is 3. The Balaban J connectivity index is 2.89. The van der Waals surface area contributed by atoms with E-state index in [0.717, 1.165) is 6.07 Å². The maximum Gasteiger partial charge on any atom is 0.231 e. The predicted octanol–water partition coefficient (Wildman–Crippen LogP) is 2.64. The highest BCUT2D eigenvalue weighted by atomic mass is 79.9. The van der Waals surface area contributed by atoms with Gasteiger partial charge in [0.05, 0.1) is 12.1 Å². The van der Waals surface area contributed by atoms with E-state index >= 15 is 0 Å². The highest BCUT2D eigenvalue weighted by molar-refractivity contribution is 9.10. The highest BCUT2D eigenvalue weighted by Gasteiger charge is 2.13. The molecule has 0 aliphatic carbocycles. The lowest BCUT2D eigenvalue weighted by atomic mass is 10.2. The van der Waals surface area contributed by atoms with Gasteiger partial charge in [0.25, 0.3) is 0 Å². The SMILES string of the molecule is CC(=O)CC(=O)Nc1c(F)cc(F)cc1Br. The van der Waals surface area contributed by atoms with Gasteiger partial charge in [0, 0.05) is 10.5 Å². The first-order chi connectivity index (χ1) is 7.40. The van der Waals surface area contributed by atoms with Crippen molar-refractivity contribution in [3.63, 3.8) is 0 Å². The van der Waals surface area contributed by atoms with Crippen molar-refractivity contribution in [3.8, 4) is 0 Å². The summed E-state index contributed by atoms with van der Waals surface area (Å²) in [5, 5.41) is 2.19. The number of halogens is 3. The minimum absolute atomic E-state index is 0.0851. The van der Waals surface area contributed by atoms with Crippen LogP contribution in [0.15, 0.2) is 16.6 Å². The number of hydrogen-bond acceptors (Lipinski definition) is 2. The van der Waals surface area contributed by atoms with Crippen LogP contribution in [0.2, 0.25) is 0 Å². The summed E-state index contributed by atoms with van der Waals surface area (Å²) in [6.45, 7) is 1.25. The minimum Gasteiger partial charge on any atom is -0.322 e. The molecule has 0 aromatic heterocycles. The van der Waals surface area contributed by atoms with Gasteiger partial charge >= 0.3 is 0 Å². The van der Waals surface area contributed by atoms with Crippen molar-refractivity contribution in [2.24, 2.45) is 0 Å². The largest absolute Gasteiger partial charge is 0.322 e. The number of carbonyl (C=O) groups excluding carboxylic acids is 2. The van der Waals surface area contributed by atoms with Gasteiger partial charge in [0.2, 0.25) is 5.91 Å². The molecule has 1 rings (SSSR count). The topological polar surface area (TPSA) is 46.2 Å². The van der Waals surface area contributed by atoms with Gasteiger partial charge in [0.1, 0.15) is 11.6 Å². The summed E-state index contributed by atoms with van der Waals surface area (Å²) in [7, 11) is 0. The summed E-state index contributed by atoms with van der Waals surface area (Å²) in [6.07, 6.45) is -0.344. The Morgan fingerprint density at radius 2 is 2.00 bits per heavy atom. The van der Waals surface area contributed by atoms with Crippen LogP contribution in [0, 0.1) is 11.6 Å². The molecule has 1 N–H and O–H groups in total. The number of benzene rings is 1. The molecule has 0 saturated carbocycles. The summed E-state index contributed by atoms with van der Waals surface area (Å²) in [4.78, 5) is 21.8. The number of nitrogens with one attached hydrogen (secondary N) is 1. The molecule has 86 valence electrons. The van der Waals surface area contributed by atoms with Crippen molar-refractivity contribution >= 4 is 33.3 Å². The van der Waals surface area contributed by atoms with Crippen molar-refractivity contribution in [2.45, 2.75) is 13.3 Å². The number of ketones is 1. The van der Waals surface area contributed by atoms with Gasteiger partial charge in [-0.15, -0.1) is 0 Å². The van der Waals surface area contributed by atoms with E-state index < -0.39 is 17.5 Å². The van der Waals surface area contributed by atoms with E-state index in [9.17, 15) is 18.4 Å². The minimum atomic E-state index is -0.899. The van der Waals surface area contributed by atoms with Crippen LogP contribution in [-0.4, -0.2) is 11.7 Å². The van der Waals surface area contributed by atoms with Crippen molar-refractivity contribution in [3.05, 3.63) is 28.2 Å². The first kappa shape index (κ1) is 12.8. The molecule has 0 atom stereocenters. The van der Waals surface area contributed by atoms with Crippen LogP contribution in [-0.2, 0) is 9.59 Å². The number of carbonyl (C=O) groups is 2. The molecule has 1 amide bonds. The quantitative estimate of drug-likeness (QED) is 0.870. The summed E-state index contributed by atoms with van der Waals surface area (Å²) in [5.74, 6) is -2.63. The van der Waals surface area contributed by atoms with Crippen molar-refractivity contribution in [1.82, 2.24) is 0 Å². The standard InChI is InChI=1S/C10H8BrF2NO2/c1-5(15)2-9(16)14-10-7(11)3-6(12)4-8(10)13/h3-4H,2H2,1H3,(H,14,16). The maximum atomic E-state index is 13.2. The van der Waals surface area contributed by atoms with Crippen molar-refractivity contribution in [1.29, 1.82) is 0 Å². The third-order valence-corrected chi connectivity index (χ3v) is 2.31. The molecule has 6 heteroatoms. The van der Waals surface area contributed by atoms with E-state index in [1.165, 1.54) is 6.92 Å². The summed E-state index contributed by atoms with van der Waals surface area (Å²) in [6, 6.07) is 1.67. The lowest BCUT2D eigenvalue weighted by Crippen LogP contribution is -2.16. The van der Waals surface area contributed by atoms with Crippen molar-refractivity contribution < 1.29 is 18.4 Å². The summed E-state index contributed by atoms with van der Waals surface area (Å²) in [5.41, 5.74) is -0.173. The Labute approximate surface area is 99.0 Å². The van der Waals surface area contributed by atoms with E-state index in [2.05, 4.69) is 21.2 Å².